The molecule has 0 aliphatic carbocycles. The Labute approximate surface area is 134 Å². The lowest BCUT2D eigenvalue weighted by molar-refractivity contribution is -0.135. The van der Waals surface area contributed by atoms with E-state index in [-0.39, 0.29) is 12.0 Å². The van der Waals surface area contributed by atoms with Crippen molar-refractivity contribution < 1.29 is 9.53 Å². The molecule has 1 aliphatic heterocycles. The molecule has 116 valence electrons. The SMILES string of the molecule is O=C(NCCc1nc(-c2ccccc2)cs1)C1CCCCO1. The number of thiazole rings is 1. The summed E-state index contributed by atoms with van der Waals surface area (Å²) in [5, 5.41) is 6.06. The molecular formula is C17H20N2O2S. The monoisotopic (exact) mass is 316 g/mol. The zero-order chi connectivity index (χ0) is 15.2. The highest BCUT2D eigenvalue weighted by atomic mass is 32.1. The molecular weight excluding hydrogens is 296 g/mol. The second-order valence-electron chi connectivity index (χ2n) is 5.39. The first-order chi connectivity index (χ1) is 10.8. The molecule has 1 saturated heterocycles. The third kappa shape index (κ3) is 3.93. The minimum Gasteiger partial charge on any atom is -0.368 e. The summed E-state index contributed by atoms with van der Waals surface area (Å²) in [6, 6.07) is 10.1. The largest absolute Gasteiger partial charge is 0.368 e. The van der Waals surface area contributed by atoms with Gasteiger partial charge in [0, 0.05) is 30.5 Å². The van der Waals surface area contributed by atoms with Crippen LogP contribution in [0.1, 0.15) is 24.3 Å². The molecule has 1 fully saturated rings. The van der Waals surface area contributed by atoms with Crippen molar-refractivity contribution in [1.29, 1.82) is 0 Å². The Morgan fingerprint density at radius 1 is 1.32 bits per heavy atom. The van der Waals surface area contributed by atoms with Crippen molar-refractivity contribution in [1.82, 2.24) is 10.3 Å². The Bertz CT molecular complexity index is 606. The summed E-state index contributed by atoms with van der Waals surface area (Å²) in [5.74, 6) is 0.0135. The van der Waals surface area contributed by atoms with Crippen LogP contribution in [0.15, 0.2) is 35.7 Å². The lowest BCUT2D eigenvalue weighted by Crippen LogP contribution is -2.39. The van der Waals surface area contributed by atoms with E-state index < -0.39 is 0 Å². The average molecular weight is 316 g/mol. The van der Waals surface area contributed by atoms with Crippen LogP contribution in [0.25, 0.3) is 11.3 Å². The molecule has 1 aliphatic rings. The molecule has 1 unspecified atom stereocenters. The van der Waals surface area contributed by atoms with Crippen molar-refractivity contribution in [3.05, 3.63) is 40.7 Å². The zero-order valence-corrected chi connectivity index (χ0v) is 13.3. The van der Waals surface area contributed by atoms with Gasteiger partial charge in [-0.1, -0.05) is 30.3 Å². The molecule has 0 saturated carbocycles. The molecule has 1 N–H and O–H groups in total. The molecule has 0 bridgehead atoms. The number of carbonyl (C=O) groups excluding carboxylic acids is 1. The van der Waals surface area contributed by atoms with Gasteiger partial charge in [-0.25, -0.2) is 4.98 Å². The van der Waals surface area contributed by atoms with Gasteiger partial charge in [0.15, 0.2) is 0 Å². The van der Waals surface area contributed by atoms with E-state index in [0.29, 0.717) is 13.2 Å². The number of carbonyl (C=O) groups is 1. The Hall–Kier alpha value is -1.72. The van der Waals surface area contributed by atoms with Gasteiger partial charge >= 0.3 is 0 Å². The molecule has 22 heavy (non-hydrogen) atoms. The number of hydrogen-bond donors (Lipinski definition) is 1. The van der Waals surface area contributed by atoms with Gasteiger partial charge in [0.05, 0.1) is 10.7 Å². The van der Waals surface area contributed by atoms with E-state index in [1.54, 1.807) is 11.3 Å². The predicted octanol–water partition coefficient (Wildman–Crippen LogP) is 3.04. The molecule has 1 amide bonds. The quantitative estimate of drug-likeness (QED) is 0.922. The molecule has 1 aromatic carbocycles. The predicted molar refractivity (Wildman–Crippen MR) is 87.9 cm³/mol. The lowest BCUT2D eigenvalue weighted by atomic mass is 10.1. The summed E-state index contributed by atoms with van der Waals surface area (Å²) in [4.78, 5) is 16.6. The van der Waals surface area contributed by atoms with E-state index in [1.807, 2.05) is 18.2 Å². The molecule has 0 radical (unpaired) electrons. The zero-order valence-electron chi connectivity index (χ0n) is 12.5. The summed E-state index contributed by atoms with van der Waals surface area (Å²) in [6.45, 7) is 1.31. The molecule has 1 aromatic heterocycles. The summed E-state index contributed by atoms with van der Waals surface area (Å²) in [7, 11) is 0. The highest BCUT2D eigenvalue weighted by molar-refractivity contribution is 7.09. The van der Waals surface area contributed by atoms with Crippen LogP contribution in [0.3, 0.4) is 0 Å². The van der Waals surface area contributed by atoms with E-state index >= 15 is 0 Å². The minimum absolute atomic E-state index is 0.0135. The van der Waals surface area contributed by atoms with Crippen LogP contribution < -0.4 is 5.32 Å². The number of nitrogens with one attached hydrogen (secondary N) is 1. The van der Waals surface area contributed by atoms with Gasteiger partial charge in [0.1, 0.15) is 6.10 Å². The van der Waals surface area contributed by atoms with Gasteiger partial charge in [0.25, 0.3) is 0 Å². The second kappa shape index (κ2) is 7.51. The van der Waals surface area contributed by atoms with Crippen LogP contribution in [0.2, 0.25) is 0 Å². The lowest BCUT2D eigenvalue weighted by Gasteiger charge is -2.21. The van der Waals surface area contributed by atoms with Crippen molar-refractivity contribution >= 4 is 17.2 Å². The van der Waals surface area contributed by atoms with Crippen LogP contribution in [0.5, 0.6) is 0 Å². The second-order valence-corrected chi connectivity index (χ2v) is 6.33. The third-order valence-electron chi connectivity index (χ3n) is 3.73. The summed E-state index contributed by atoms with van der Waals surface area (Å²) < 4.78 is 5.48. The van der Waals surface area contributed by atoms with Crippen molar-refractivity contribution in [2.24, 2.45) is 0 Å². The molecule has 2 heterocycles. The number of benzene rings is 1. The Morgan fingerprint density at radius 3 is 2.95 bits per heavy atom. The maximum Gasteiger partial charge on any atom is 0.249 e. The Balaban J connectivity index is 1.48. The summed E-state index contributed by atoms with van der Waals surface area (Å²) in [6.07, 6.45) is 3.47. The van der Waals surface area contributed by atoms with Crippen molar-refractivity contribution in [2.45, 2.75) is 31.8 Å². The Morgan fingerprint density at radius 2 is 2.18 bits per heavy atom. The maximum atomic E-state index is 12.0. The number of ether oxygens (including phenoxy) is 1. The van der Waals surface area contributed by atoms with Crippen molar-refractivity contribution in [3.63, 3.8) is 0 Å². The molecule has 0 spiro atoms. The standard InChI is InChI=1S/C17H20N2O2S/c20-17(15-8-4-5-11-21-15)18-10-9-16-19-14(12-22-16)13-6-2-1-3-7-13/h1-3,6-7,12,15H,4-5,8-11H2,(H,18,20). The number of rotatable bonds is 5. The first kappa shape index (κ1) is 15.2. The maximum absolute atomic E-state index is 12.0. The summed E-state index contributed by atoms with van der Waals surface area (Å²) in [5.41, 5.74) is 2.13. The summed E-state index contributed by atoms with van der Waals surface area (Å²) >= 11 is 1.64. The number of nitrogens with zero attached hydrogens (tertiary/aromatic N) is 1. The van der Waals surface area contributed by atoms with Gasteiger partial charge in [-0.3, -0.25) is 4.79 Å². The van der Waals surface area contributed by atoms with Gasteiger partial charge < -0.3 is 10.1 Å². The van der Waals surface area contributed by atoms with Crippen molar-refractivity contribution in [2.75, 3.05) is 13.2 Å². The number of aromatic nitrogens is 1. The van der Waals surface area contributed by atoms with Crippen LogP contribution in [-0.2, 0) is 16.0 Å². The Kier molecular flexibility index (Phi) is 5.19. The van der Waals surface area contributed by atoms with Gasteiger partial charge in [0.2, 0.25) is 5.91 Å². The van der Waals surface area contributed by atoms with Crippen LogP contribution in [0.4, 0.5) is 0 Å². The fraction of sp³-hybridized carbons (Fsp3) is 0.412. The number of hydrogen-bond acceptors (Lipinski definition) is 4. The molecule has 2 aromatic rings. The fourth-order valence-corrected chi connectivity index (χ4v) is 3.33. The van der Waals surface area contributed by atoms with Gasteiger partial charge in [-0.05, 0) is 19.3 Å². The van der Waals surface area contributed by atoms with E-state index in [4.69, 9.17) is 4.74 Å². The highest BCUT2D eigenvalue weighted by Crippen LogP contribution is 2.21. The van der Waals surface area contributed by atoms with Crippen molar-refractivity contribution in [3.8, 4) is 11.3 Å². The van der Waals surface area contributed by atoms with Crippen LogP contribution in [-0.4, -0.2) is 30.1 Å². The van der Waals surface area contributed by atoms with E-state index in [0.717, 1.165) is 41.9 Å². The first-order valence-electron chi connectivity index (χ1n) is 7.72. The van der Waals surface area contributed by atoms with Gasteiger partial charge in [-0.2, -0.15) is 0 Å². The highest BCUT2D eigenvalue weighted by Gasteiger charge is 2.21. The normalized spacial score (nSPS) is 18.1. The minimum atomic E-state index is -0.259. The third-order valence-corrected chi connectivity index (χ3v) is 4.64. The van der Waals surface area contributed by atoms with E-state index in [1.165, 1.54) is 0 Å². The fourth-order valence-electron chi connectivity index (χ4n) is 2.52. The molecule has 4 nitrogen and oxygen atoms in total. The molecule has 5 heteroatoms. The van der Waals surface area contributed by atoms with E-state index in [9.17, 15) is 4.79 Å². The van der Waals surface area contributed by atoms with E-state index in [2.05, 4.69) is 27.8 Å². The smallest absolute Gasteiger partial charge is 0.249 e. The first-order valence-corrected chi connectivity index (χ1v) is 8.60. The topological polar surface area (TPSA) is 51.2 Å². The van der Waals surface area contributed by atoms with Crippen LogP contribution in [0, 0.1) is 0 Å². The van der Waals surface area contributed by atoms with Crippen LogP contribution >= 0.6 is 11.3 Å². The average Bonchev–Trinajstić information content (AvgIpc) is 3.05. The molecule has 3 rings (SSSR count). The number of amides is 1. The molecule has 1 atom stereocenters. The van der Waals surface area contributed by atoms with Gasteiger partial charge in [-0.15, -0.1) is 11.3 Å².